The van der Waals surface area contributed by atoms with E-state index in [1.165, 1.54) is 18.1 Å². The van der Waals surface area contributed by atoms with Gasteiger partial charge in [0.1, 0.15) is 12.1 Å². The topological polar surface area (TPSA) is 73.2 Å². The fourth-order valence-corrected chi connectivity index (χ4v) is 3.13. The number of carbonyl (C=O) groups excluding carboxylic acids is 1. The van der Waals surface area contributed by atoms with E-state index >= 15 is 0 Å². The van der Waals surface area contributed by atoms with Gasteiger partial charge in [-0.1, -0.05) is 12.1 Å². The molecule has 0 radical (unpaired) electrons. The lowest BCUT2D eigenvalue weighted by molar-refractivity contribution is -0.116. The molecule has 0 spiro atoms. The molecule has 0 aliphatic rings. The molecule has 1 amide bonds. The van der Waals surface area contributed by atoms with Gasteiger partial charge < -0.3 is 4.74 Å². The third-order valence-corrected chi connectivity index (χ3v) is 4.75. The largest absolute Gasteiger partial charge is 0.497 e. The van der Waals surface area contributed by atoms with Crippen LogP contribution in [0.2, 0.25) is 0 Å². The summed E-state index contributed by atoms with van der Waals surface area (Å²) >= 11 is 1.40. The van der Waals surface area contributed by atoms with Crippen molar-refractivity contribution in [3.8, 4) is 5.75 Å². The Bertz CT molecular complexity index is 954. The highest BCUT2D eigenvalue weighted by atomic mass is 32.2. The molecule has 0 fully saturated rings. The first kappa shape index (κ1) is 17.0. The minimum absolute atomic E-state index is 0.278. The Kier molecular flexibility index (Phi) is 5.04. The van der Waals surface area contributed by atoms with Crippen molar-refractivity contribution in [2.24, 2.45) is 0 Å². The molecule has 1 atom stereocenters. The summed E-state index contributed by atoms with van der Waals surface area (Å²) in [5.41, 5.74) is 2.89. The van der Waals surface area contributed by atoms with E-state index in [9.17, 15) is 9.59 Å². The van der Waals surface area contributed by atoms with Crippen LogP contribution in [0.5, 0.6) is 5.75 Å². The molecule has 7 heteroatoms. The fraction of sp³-hybridized carbons (Fsp3) is 0.167. The molecule has 25 heavy (non-hydrogen) atoms. The Morgan fingerprint density at radius 2 is 1.92 bits per heavy atom. The average molecular weight is 355 g/mol. The standard InChI is InChI=1S/C18H17N3O3S/c1-12(25-14-9-7-13(24-2)8-10-14)17(22)20-21-11-19-16-6-4-3-5-15(16)18(21)23/h3-12H,1-2H3,(H,20,22). The number of hydrogen-bond donors (Lipinski definition) is 1. The van der Waals surface area contributed by atoms with E-state index in [1.54, 1.807) is 32.2 Å². The average Bonchev–Trinajstić information content (AvgIpc) is 2.64. The lowest BCUT2D eigenvalue weighted by Gasteiger charge is -2.13. The molecular formula is C18H17N3O3S. The zero-order valence-corrected chi connectivity index (χ0v) is 14.6. The molecule has 0 aliphatic carbocycles. The van der Waals surface area contributed by atoms with E-state index in [-0.39, 0.29) is 16.7 Å². The summed E-state index contributed by atoms with van der Waals surface area (Å²) < 4.78 is 6.24. The maximum atomic E-state index is 12.4. The molecule has 0 saturated heterocycles. The molecule has 0 bridgehead atoms. The maximum Gasteiger partial charge on any atom is 0.280 e. The van der Waals surface area contributed by atoms with Crippen LogP contribution in [-0.2, 0) is 4.79 Å². The lowest BCUT2D eigenvalue weighted by Crippen LogP contribution is -2.36. The van der Waals surface area contributed by atoms with Crippen LogP contribution in [0.3, 0.4) is 0 Å². The highest BCUT2D eigenvalue weighted by Gasteiger charge is 2.16. The smallest absolute Gasteiger partial charge is 0.280 e. The zero-order valence-electron chi connectivity index (χ0n) is 13.8. The number of aromatic nitrogens is 2. The van der Waals surface area contributed by atoms with Gasteiger partial charge in [-0.05, 0) is 43.3 Å². The molecule has 1 N–H and O–H groups in total. The van der Waals surface area contributed by atoms with Crippen molar-refractivity contribution in [2.45, 2.75) is 17.1 Å². The number of rotatable bonds is 5. The zero-order chi connectivity index (χ0) is 17.8. The molecule has 6 nitrogen and oxygen atoms in total. The van der Waals surface area contributed by atoms with Gasteiger partial charge in [-0.25, -0.2) is 9.66 Å². The van der Waals surface area contributed by atoms with Crippen LogP contribution >= 0.6 is 11.8 Å². The van der Waals surface area contributed by atoms with Crippen molar-refractivity contribution < 1.29 is 9.53 Å². The maximum absolute atomic E-state index is 12.4. The van der Waals surface area contributed by atoms with Gasteiger partial charge in [0.15, 0.2) is 0 Å². The normalized spacial score (nSPS) is 11.9. The van der Waals surface area contributed by atoms with Gasteiger partial charge in [0.05, 0.1) is 23.3 Å². The van der Waals surface area contributed by atoms with Crippen molar-refractivity contribution >= 4 is 28.6 Å². The third-order valence-electron chi connectivity index (χ3n) is 3.64. The monoisotopic (exact) mass is 355 g/mol. The van der Waals surface area contributed by atoms with Crippen molar-refractivity contribution in [1.82, 2.24) is 9.66 Å². The minimum atomic E-state index is -0.383. The minimum Gasteiger partial charge on any atom is -0.497 e. The van der Waals surface area contributed by atoms with E-state index in [0.717, 1.165) is 15.3 Å². The van der Waals surface area contributed by atoms with E-state index < -0.39 is 0 Å². The molecular weight excluding hydrogens is 338 g/mol. The summed E-state index contributed by atoms with van der Waals surface area (Å²) in [5, 5.41) is 0.0764. The first-order valence-electron chi connectivity index (χ1n) is 7.66. The number of benzene rings is 2. The van der Waals surface area contributed by atoms with Crippen LogP contribution in [0.1, 0.15) is 6.92 Å². The second-order valence-electron chi connectivity index (χ2n) is 5.35. The fourth-order valence-electron chi connectivity index (χ4n) is 2.27. The number of fused-ring (bicyclic) bond motifs is 1. The number of para-hydroxylation sites is 1. The summed E-state index contributed by atoms with van der Waals surface area (Å²) in [6.45, 7) is 1.78. The van der Waals surface area contributed by atoms with Crippen LogP contribution in [0.15, 0.2) is 64.5 Å². The molecule has 3 rings (SSSR count). The number of methoxy groups -OCH3 is 1. The van der Waals surface area contributed by atoms with Crippen molar-refractivity contribution in [3.05, 3.63) is 65.2 Å². The molecule has 128 valence electrons. The van der Waals surface area contributed by atoms with Gasteiger partial charge in [0.25, 0.3) is 11.5 Å². The number of thioether (sulfide) groups is 1. The van der Waals surface area contributed by atoms with E-state index in [2.05, 4.69) is 10.4 Å². The Labute approximate surface area is 148 Å². The summed E-state index contributed by atoms with van der Waals surface area (Å²) in [6.07, 6.45) is 1.33. The molecule has 0 saturated carbocycles. The number of carbonyl (C=O) groups is 1. The predicted molar refractivity (Wildman–Crippen MR) is 98.7 cm³/mol. The van der Waals surface area contributed by atoms with E-state index in [4.69, 9.17) is 4.74 Å². The number of ether oxygens (including phenoxy) is 1. The molecule has 0 aliphatic heterocycles. The number of nitrogens with one attached hydrogen (secondary N) is 1. The predicted octanol–water partition coefficient (Wildman–Crippen LogP) is 2.66. The molecule has 2 aromatic carbocycles. The Hall–Kier alpha value is -2.80. The van der Waals surface area contributed by atoms with Crippen LogP contribution in [0.25, 0.3) is 10.9 Å². The second kappa shape index (κ2) is 7.40. The van der Waals surface area contributed by atoms with Crippen LogP contribution in [0.4, 0.5) is 0 Å². The number of amides is 1. The quantitative estimate of drug-likeness (QED) is 0.712. The van der Waals surface area contributed by atoms with Gasteiger partial charge in [-0.3, -0.25) is 15.0 Å². The summed E-state index contributed by atoms with van der Waals surface area (Å²) in [4.78, 5) is 29.9. The van der Waals surface area contributed by atoms with E-state index in [0.29, 0.717) is 10.9 Å². The Morgan fingerprint density at radius 1 is 1.20 bits per heavy atom. The highest BCUT2D eigenvalue weighted by Crippen LogP contribution is 2.25. The van der Waals surface area contributed by atoms with E-state index in [1.807, 2.05) is 30.3 Å². The molecule has 1 aromatic heterocycles. The molecule has 1 unspecified atom stereocenters. The lowest BCUT2D eigenvalue weighted by atomic mass is 10.2. The SMILES string of the molecule is COc1ccc(SC(C)C(=O)Nn2cnc3ccccc3c2=O)cc1. The summed E-state index contributed by atoms with van der Waals surface area (Å²) in [5.74, 6) is 0.482. The van der Waals surface area contributed by atoms with Crippen LogP contribution in [0, 0.1) is 0 Å². The Morgan fingerprint density at radius 3 is 2.64 bits per heavy atom. The van der Waals surface area contributed by atoms with Gasteiger partial charge >= 0.3 is 0 Å². The summed E-state index contributed by atoms with van der Waals surface area (Å²) in [7, 11) is 1.60. The van der Waals surface area contributed by atoms with Crippen molar-refractivity contribution in [3.63, 3.8) is 0 Å². The van der Waals surface area contributed by atoms with Gasteiger partial charge in [0.2, 0.25) is 0 Å². The van der Waals surface area contributed by atoms with Crippen molar-refractivity contribution in [2.75, 3.05) is 12.5 Å². The van der Waals surface area contributed by atoms with Gasteiger partial charge in [-0.15, -0.1) is 11.8 Å². The van der Waals surface area contributed by atoms with Crippen LogP contribution in [-0.4, -0.2) is 27.9 Å². The number of nitrogens with zero attached hydrogens (tertiary/aromatic N) is 2. The highest BCUT2D eigenvalue weighted by molar-refractivity contribution is 8.00. The third kappa shape index (κ3) is 3.83. The van der Waals surface area contributed by atoms with Crippen LogP contribution < -0.4 is 15.7 Å². The van der Waals surface area contributed by atoms with Crippen molar-refractivity contribution in [1.29, 1.82) is 0 Å². The summed E-state index contributed by atoms with van der Waals surface area (Å²) in [6, 6.07) is 14.5. The Balaban J connectivity index is 1.72. The van der Waals surface area contributed by atoms with Gasteiger partial charge in [-0.2, -0.15) is 0 Å². The van der Waals surface area contributed by atoms with Gasteiger partial charge in [0, 0.05) is 4.90 Å². The number of hydrogen-bond acceptors (Lipinski definition) is 5. The molecule has 3 aromatic rings. The second-order valence-corrected chi connectivity index (χ2v) is 6.76. The first-order valence-corrected chi connectivity index (χ1v) is 8.54. The molecule has 1 heterocycles. The first-order chi connectivity index (χ1) is 12.1.